The van der Waals surface area contributed by atoms with Gasteiger partial charge in [0.15, 0.2) is 0 Å². The van der Waals surface area contributed by atoms with Crippen LogP contribution in [0.1, 0.15) is 25.7 Å². The third kappa shape index (κ3) is 3.29. The average molecular weight is 319 g/mol. The standard InChI is InChI=1S/C16H21N3O2S/c17-14-5-1-3-12(9-14)10-19-22(20,21)16-6-2-4-13-11-18-8-7-15(13)16/h2,4,6-8,11-12,14,19H,1,3,5,9-10,17H2. The van der Waals surface area contributed by atoms with Crippen LogP contribution < -0.4 is 10.5 Å². The summed E-state index contributed by atoms with van der Waals surface area (Å²) in [7, 11) is -3.52. The molecule has 0 aliphatic heterocycles. The molecule has 6 heteroatoms. The third-order valence-corrected chi connectivity index (χ3v) is 5.80. The molecule has 0 spiro atoms. The number of pyridine rings is 1. The number of nitrogens with zero attached hydrogens (tertiary/aromatic N) is 1. The van der Waals surface area contributed by atoms with Gasteiger partial charge in [-0.2, -0.15) is 0 Å². The molecule has 1 aromatic heterocycles. The molecule has 3 N–H and O–H groups in total. The predicted octanol–water partition coefficient (Wildman–Crippen LogP) is 2.03. The lowest BCUT2D eigenvalue weighted by molar-refractivity contribution is 0.322. The third-order valence-electron chi connectivity index (χ3n) is 4.32. The molecule has 118 valence electrons. The quantitative estimate of drug-likeness (QED) is 0.903. The van der Waals surface area contributed by atoms with Crippen molar-refractivity contribution in [2.24, 2.45) is 11.7 Å². The van der Waals surface area contributed by atoms with E-state index in [4.69, 9.17) is 5.73 Å². The molecule has 2 atom stereocenters. The Balaban J connectivity index is 1.80. The largest absolute Gasteiger partial charge is 0.328 e. The Hall–Kier alpha value is -1.50. The minimum Gasteiger partial charge on any atom is -0.328 e. The molecule has 0 radical (unpaired) electrons. The number of hydrogen-bond donors (Lipinski definition) is 2. The summed E-state index contributed by atoms with van der Waals surface area (Å²) in [5.74, 6) is 0.329. The van der Waals surface area contributed by atoms with Crippen LogP contribution in [0, 0.1) is 5.92 Å². The molecule has 1 aromatic carbocycles. The minimum atomic E-state index is -3.52. The summed E-state index contributed by atoms with van der Waals surface area (Å²) >= 11 is 0. The van der Waals surface area contributed by atoms with Crippen LogP contribution >= 0.6 is 0 Å². The van der Waals surface area contributed by atoms with Crippen LogP contribution in [-0.4, -0.2) is 26.0 Å². The minimum absolute atomic E-state index is 0.201. The summed E-state index contributed by atoms with van der Waals surface area (Å²) < 4.78 is 28.0. The maximum Gasteiger partial charge on any atom is 0.241 e. The smallest absolute Gasteiger partial charge is 0.241 e. The van der Waals surface area contributed by atoms with Crippen molar-refractivity contribution in [1.29, 1.82) is 0 Å². The molecule has 2 aromatic rings. The van der Waals surface area contributed by atoms with Crippen molar-refractivity contribution in [3.8, 4) is 0 Å². The maximum absolute atomic E-state index is 12.6. The lowest BCUT2D eigenvalue weighted by Crippen LogP contribution is -2.35. The van der Waals surface area contributed by atoms with Crippen molar-refractivity contribution in [2.45, 2.75) is 36.6 Å². The fraction of sp³-hybridized carbons (Fsp3) is 0.438. The van der Waals surface area contributed by atoms with Gasteiger partial charge in [-0.3, -0.25) is 4.98 Å². The van der Waals surface area contributed by atoms with E-state index < -0.39 is 10.0 Å². The molecule has 3 rings (SSSR count). The van der Waals surface area contributed by atoms with E-state index in [1.165, 1.54) is 0 Å². The summed E-state index contributed by atoms with van der Waals surface area (Å²) in [6, 6.07) is 7.18. The van der Waals surface area contributed by atoms with Crippen molar-refractivity contribution < 1.29 is 8.42 Å². The molecule has 0 bridgehead atoms. The Morgan fingerprint density at radius 2 is 2.14 bits per heavy atom. The zero-order chi connectivity index (χ0) is 15.6. The monoisotopic (exact) mass is 319 g/mol. The lowest BCUT2D eigenvalue weighted by atomic mass is 9.86. The highest BCUT2D eigenvalue weighted by atomic mass is 32.2. The van der Waals surface area contributed by atoms with Crippen molar-refractivity contribution >= 4 is 20.8 Å². The SMILES string of the molecule is NC1CCCC(CNS(=O)(=O)c2cccc3cnccc23)C1. The molecule has 5 nitrogen and oxygen atoms in total. The highest BCUT2D eigenvalue weighted by Crippen LogP contribution is 2.25. The van der Waals surface area contributed by atoms with E-state index in [1.807, 2.05) is 6.07 Å². The molecule has 0 amide bonds. The average Bonchev–Trinajstić information content (AvgIpc) is 2.52. The maximum atomic E-state index is 12.6. The second-order valence-corrected chi connectivity index (χ2v) is 7.73. The zero-order valence-corrected chi connectivity index (χ0v) is 13.2. The van der Waals surface area contributed by atoms with E-state index in [0.717, 1.165) is 31.1 Å². The van der Waals surface area contributed by atoms with Crippen LogP contribution in [0.5, 0.6) is 0 Å². The number of fused-ring (bicyclic) bond motifs is 1. The zero-order valence-electron chi connectivity index (χ0n) is 12.4. The van der Waals surface area contributed by atoms with Gasteiger partial charge in [-0.1, -0.05) is 18.6 Å². The number of sulfonamides is 1. The number of hydrogen-bond acceptors (Lipinski definition) is 4. The molecular formula is C16H21N3O2S. The van der Waals surface area contributed by atoms with Gasteiger partial charge in [0.25, 0.3) is 0 Å². The Bertz CT molecular complexity index is 756. The Morgan fingerprint density at radius 1 is 1.27 bits per heavy atom. The van der Waals surface area contributed by atoms with Crippen LogP contribution in [0.15, 0.2) is 41.6 Å². The number of nitrogens with two attached hydrogens (primary N) is 1. The van der Waals surface area contributed by atoms with Gasteiger partial charge < -0.3 is 5.73 Å². The molecule has 1 aliphatic rings. The van der Waals surface area contributed by atoms with Crippen LogP contribution in [0.25, 0.3) is 10.8 Å². The normalized spacial score (nSPS) is 22.8. The molecular weight excluding hydrogens is 298 g/mol. The predicted molar refractivity (Wildman–Crippen MR) is 86.9 cm³/mol. The van der Waals surface area contributed by atoms with Crippen LogP contribution in [0.3, 0.4) is 0 Å². The van der Waals surface area contributed by atoms with Gasteiger partial charge in [0.05, 0.1) is 4.90 Å². The fourth-order valence-electron chi connectivity index (χ4n) is 3.15. The number of benzene rings is 1. The molecule has 1 saturated carbocycles. The highest BCUT2D eigenvalue weighted by Gasteiger charge is 2.23. The van der Waals surface area contributed by atoms with Gasteiger partial charge in [0, 0.05) is 35.8 Å². The lowest BCUT2D eigenvalue weighted by Gasteiger charge is -2.26. The Kier molecular flexibility index (Phi) is 4.42. The summed E-state index contributed by atoms with van der Waals surface area (Å²) in [6.07, 6.45) is 7.33. The van der Waals surface area contributed by atoms with Crippen molar-refractivity contribution in [1.82, 2.24) is 9.71 Å². The second-order valence-electron chi connectivity index (χ2n) is 6.00. The number of aromatic nitrogens is 1. The first-order valence-electron chi connectivity index (χ1n) is 7.64. The van der Waals surface area contributed by atoms with Crippen molar-refractivity contribution in [3.63, 3.8) is 0 Å². The fourth-order valence-corrected chi connectivity index (χ4v) is 4.49. The van der Waals surface area contributed by atoms with Gasteiger partial charge in [-0.05, 0) is 37.3 Å². The summed E-state index contributed by atoms with van der Waals surface area (Å²) in [6.45, 7) is 0.456. The molecule has 0 saturated heterocycles. The Labute approximate surface area is 131 Å². The second kappa shape index (κ2) is 6.32. The van der Waals surface area contributed by atoms with Gasteiger partial charge in [-0.15, -0.1) is 0 Å². The first-order valence-corrected chi connectivity index (χ1v) is 9.12. The Morgan fingerprint density at radius 3 is 2.95 bits per heavy atom. The van der Waals surface area contributed by atoms with Gasteiger partial charge in [0.1, 0.15) is 0 Å². The molecule has 1 aliphatic carbocycles. The summed E-state index contributed by atoms with van der Waals surface area (Å²) in [4.78, 5) is 4.35. The van der Waals surface area contributed by atoms with E-state index >= 15 is 0 Å². The van der Waals surface area contributed by atoms with E-state index in [9.17, 15) is 8.42 Å². The van der Waals surface area contributed by atoms with Gasteiger partial charge >= 0.3 is 0 Å². The van der Waals surface area contributed by atoms with E-state index in [0.29, 0.717) is 22.7 Å². The topological polar surface area (TPSA) is 85.1 Å². The van der Waals surface area contributed by atoms with E-state index in [1.54, 1.807) is 30.6 Å². The van der Waals surface area contributed by atoms with Crippen LogP contribution in [0.2, 0.25) is 0 Å². The molecule has 2 unspecified atom stereocenters. The number of rotatable bonds is 4. The summed E-state index contributed by atoms with van der Waals surface area (Å²) in [5, 5.41) is 1.52. The highest BCUT2D eigenvalue weighted by molar-refractivity contribution is 7.89. The van der Waals surface area contributed by atoms with Crippen molar-refractivity contribution in [2.75, 3.05) is 6.54 Å². The molecule has 1 heterocycles. The summed E-state index contributed by atoms with van der Waals surface area (Å²) in [5.41, 5.74) is 5.97. The van der Waals surface area contributed by atoms with E-state index in [-0.39, 0.29) is 6.04 Å². The van der Waals surface area contributed by atoms with Gasteiger partial charge in [0.2, 0.25) is 10.0 Å². The van der Waals surface area contributed by atoms with Crippen molar-refractivity contribution in [3.05, 3.63) is 36.7 Å². The first kappa shape index (κ1) is 15.4. The van der Waals surface area contributed by atoms with Crippen LogP contribution in [-0.2, 0) is 10.0 Å². The van der Waals surface area contributed by atoms with Gasteiger partial charge in [-0.25, -0.2) is 13.1 Å². The molecule has 1 fully saturated rings. The first-order chi connectivity index (χ1) is 10.6. The number of nitrogens with one attached hydrogen (secondary N) is 1. The molecule has 22 heavy (non-hydrogen) atoms. The van der Waals surface area contributed by atoms with Crippen LogP contribution in [0.4, 0.5) is 0 Å². The van der Waals surface area contributed by atoms with E-state index in [2.05, 4.69) is 9.71 Å².